The number of carbonyl (C=O) groups is 2. The molecule has 0 bridgehead atoms. The van der Waals surface area contributed by atoms with E-state index in [1.807, 2.05) is 29.2 Å². The van der Waals surface area contributed by atoms with Gasteiger partial charge in [0.1, 0.15) is 5.60 Å². The Kier molecular flexibility index (Phi) is 5.16. The predicted octanol–water partition coefficient (Wildman–Crippen LogP) is 1.20. The monoisotopic (exact) mass is 331 g/mol. The van der Waals surface area contributed by atoms with Crippen LogP contribution in [0, 0.1) is 0 Å². The number of ether oxygens (including phenoxy) is 1. The zero-order valence-corrected chi connectivity index (χ0v) is 14.1. The van der Waals surface area contributed by atoms with Crippen LogP contribution in [-0.4, -0.2) is 44.2 Å². The standard InChI is InChI=1S/C18H25N3O3/c1-24-18(7-9-19-10-8-18)17(23)20-13-14-4-2-5-15(12-14)21-11-3-6-16(21)22/h2,4-5,12,19H,3,6-11,13H2,1H3,(H,20,23). The van der Waals surface area contributed by atoms with Crippen LogP contribution in [0.5, 0.6) is 0 Å². The highest BCUT2D eigenvalue weighted by Crippen LogP contribution is 2.24. The molecule has 1 aromatic carbocycles. The van der Waals surface area contributed by atoms with Gasteiger partial charge in [-0.25, -0.2) is 0 Å². The summed E-state index contributed by atoms with van der Waals surface area (Å²) in [5.41, 5.74) is 1.17. The number of piperidine rings is 1. The number of hydrogen-bond acceptors (Lipinski definition) is 4. The van der Waals surface area contributed by atoms with Crippen molar-refractivity contribution < 1.29 is 14.3 Å². The molecule has 2 saturated heterocycles. The summed E-state index contributed by atoms with van der Waals surface area (Å²) in [5.74, 6) is 0.110. The van der Waals surface area contributed by atoms with Gasteiger partial charge in [0, 0.05) is 32.3 Å². The lowest BCUT2D eigenvalue weighted by molar-refractivity contribution is -0.146. The van der Waals surface area contributed by atoms with E-state index in [0.29, 0.717) is 25.8 Å². The molecule has 2 heterocycles. The topological polar surface area (TPSA) is 70.7 Å². The van der Waals surface area contributed by atoms with Crippen molar-refractivity contribution in [1.29, 1.82) is 0 Å². The molecule has 0 aliphatic carbocycles. The molecule has 0 radical (unpaired) electrons. The first-order valence-electron chi connectivity index (χ1n) is 8.58. The van der Waals surface area contributed by atoms with Gasteiger partial charge in [0.05, 0.1) is 0 Å². The van der Waals surface area contributed by atoms with E-state index in [4.69, 9.17) is 4.74 Å². The molecule has 2 fully saturated rings. The fourth-order valence-corrected chi connectivity index (χ4v) is 3.45. The lowest BCUT2D eigenvalue weighted by atomic mass is 9.91. The van der Waals surface area contributed by atoms with Crippen LogP contribution < -0.4 is 15.5 Å². The van der Waals surface area contributed by atoms with Crippen molar-refractivity contribution in [2.24, 2.45) is 0 Å². The molecular weight excluding hydrogens is 306 g/mol. The summed E-state index contributed by atoms with van der Waals surface area (Å²) in [4.78, 5) is 26.3. The van der Waals surface area contributed by atoms with Gasteiger partial charge in [-0.1, -0.05) is 12.1 Å². The Hall–Kier alpha value is -1.92. The first kappa shape index (κ1) is 16.9. The summed E-state index contributed by atoms with van der Waals surface area (Å²) in [6, 6.07) is 7.81. The largest absolute Gasteiger partial charge is 0.368 e. The molecule has 0 saturated carbocycles. The Morgan fingerprint density at radius 2 is 2.17 bits per heavy atom. The van der Waals surface area contributed by atoms with Gasteiger partial charge in [-0.05, 0) is 50.0 Å². The first-order valence-corrected chi connectivity index (χ1v) is 8.58. The van der Waals surface area contributed by atoms with Crippen LogP contribution in [0.3, 0.4) is 0 Å². The SMILES string of the molecule is COC1(C(=O)NCc2cccc(N3CCCC3=O)c2)CCNCC1. The molecule has 3 rings (SSSR count). The Labute approximate surface area is 142 Å². The highest BCUT2D eigenvalue weighted by molar-refractivity contribution is 5.95. The quantitative estimate of drug-likeness (QED) is 0.850. The van der Waals surface area contributed by atoms with E-state index in [0.717, 1.165) is 37.3 Å². The summed E-state index contributed by atoms with van der Waals surface area (Å²) in [5, 5.41) is 6.24. The number of anilines is 1. The van der Waals surface area contributed by atoms with Crippen molar-refractivity contribution in [3.8, 4) is 0 Å². The van der Waals surface area contributed by atoms with Crippen molar-refractivity contribution in [3.05, 3.63) is 29.8 Å². The summed E-state index contributed by atoms with van der Waals surface area (Å²) >= 11 is 0. The van der Waals surface area contributed by atoms with Crippen molar-refractivity contribution in [3.63, 3.8) is 0 Å². The average molecular weight is 331 g/mol. The van der Waals surface area contributed by atoms with Crippen LogP contribution in [0.4, 0.5) is 5.69 Å². The molecule has 0 aromatic heterocycles. The third-order valence-corrected chi connectivity index (χ3v) is 4.96. The maximum absolute atomic E-state index is 12.6. The summed E-state index contributed by atoms with van der Waals surface area (Å²) in [6.45, 7) is 2.78. The maximum atomic E-state index is 12.6. The van der Waals surface area contributed by atoms with Crippen molar-refractivity contribution in [1.82, 2.24) is 10.6 Å². The smallest absolute Gasteiger partial charge is 0.252 e. The van der Waals surface area contributed by atoms with E-state index in [9.17, 15) is 9.59 Å². The lowest BCUT2D eigenvalue weighted by Gasteiger charge is -2.34. The fourth-order valence-electron chi connectivity index (χ4n) is 3.45. The van der Waals surface area contributed by atoms with E-state index in [1.165, 1.54) is 0 Å². The van der Waals surface area contributed by atoms with Gasteiger partial charge in [-0.3, -0.25) is 9.59 Å². The normalized spacial score (nSPS) is 20.2. The molecule has 130 valence electrons. The summed E-state index contributed by atoms with van der Waals surface area (Å²) in [7, 11) is 1.60. The second-order valence-corrected chi connectivity index (χ2v) is 6.45. The number of methoxy groups -OCH3 is 1. The molecule has 24 heavy (non-hydrogen) atoms. The minimum absolute atomic E-state index is 0.0610. The number of rotatable bonds is 5. The minimum atomic E-state index is -0.728. The molecule has 6 heteroatoms. The summed E-state index contributed by atoms with van der Waals surface area (Å²) < 4.78 is 5.54. The van der Waals surface area contributed by atoms with Crippen LogP contribution in [-0.2, 0) is 20.9 Å². The second-order valence-electron chi connectivity index (χ2n) is 6.45. The Morgan fingerprint density at radius 1 is 1.38 bits per heavy atom. The zero-order chi connectivity index (χ0) is 17.0. The highest BCUT2D eigenvalue weighted by atomic mass is 16.5. The number of benzene rings is 1. The molecule has 2 aliphatic rings. The van der Waals surface area contributed by atoms with Gasteiger partial charge >= 0.3 is 0 Å². The van der Waals surface area contributed by atoms with Gasteiger partial charge in [-0.15, -0.1) is 0 Å². The Bertz CT molecular complexity index is 611. The van der Waals surface area contributed by atoms with Gasteiger partial charge in [-0.2, -0.15) is 0 Å². The van der Waals surface area contributed by atoms with Crippen LogP contribution in [0.15, 0.2) is 24.3 Å². The van der Waals surface area contributed by atoms with Crippen LogP contribution in [0.2, 0.25) is 0 Å². The Balaban J connectivity index is 1.64. The van der Waals surface area contributed by atoms with Crippen LogP contribution in [0.1, 0.15) is 31.2 Å². The molecule has 6 nitrogen and oxygen atoms in total. The highest BCUT2D eigenvalue weighted by Gasteiger charge is 2.39. The lowest BCUT2D eigenvalue weighted by Crippen LogP contribution is -2.53. The second kappa shape index (κ2) is 7.32. The van der Waals surface area contributed by atoms with Crippen molar-refractivity contribution >= 4 is 17.5 Å². The predicted molar refractivity (Wildman–Crippen MR) is 91.7 cm³/mol. The molecule has 2 amide bonds. The fraction of sp³-hybridized carbons (Fsp3) is 0.556. The van der Waals surface area contributed by atoms with E-state index >= 15 is 0 Å². The van der Waals surface area contributed by atoms with Gasteiger partial charge < -0.3 is 20.3 Å². The van der Waals surface area contributed by atoms with Gasteiger partial charge in [0.15, 0.2) is 0 Å². The van der Waals surface area contributed by atoms with Gasteiger partial charge in [0.25, 0.3) is 5.91 Å². The molecule has 2 N–H and O–H groups in total. The Morgan fingerprint density at radius 3 is 2.83 bits per heavy atom. The number of carbonyl (C=O) groups excluding carboxylic acids is 2. The number of hydrogen-bond donors (Lipinski definition) is 2. The number of nitrogens with one attached hydrogen (secondary N) is 2. The van der Waals surface area contributed by atoms with Gasteiger partial charge in [0.2, 0.25) is 5.91 Å². The van der Waals surface area contributed by atoms with Crippen LogP contribution in [0.25, 0.3) is 0 Å². The molecule has 1 aromatic rings. The maximum Gasteiger partial charge on any atom is 0.252 e. The summed E-state index contributed by atoms with van der Waals surface area (Å²) in [6.07, 6.45) is 2.88. The zero-order valence-electron chi connectivity index (χ0n) is 14.1. The first-order chi connectivity index (χ1) is 11.6. The molecule has 0 spiro atoms. The van der Waals surface area contributed by atoms with E-state index in [2.05, 4.69) is 10.6 Å². The molecule has 0 unspecified atom stereocenters. The number of amides is 2. The third kappa shape index (κ3) is 3.44. The molecule has 2 aliphatic heterocycles. The average Bonchev–Trinajstić information content (AvgIpc) is 3.06. The van der Waals surface area contributed by atoms with E-state index in [-0.39, 0.29) is 11.8 Å². The third-order valence-electron chi connectivity index (χ3n) is 4.96. The number of nitrogens with zero attached hydrogens (tertiary/aromatic N) is 1. The van der Waals surface area contributed by atoms with Crippen LogP contribution >= 0.6 is 0 Å². The minimum Gasteiger partial charge on any atom is -0.368 e. The van der Waals surface area contributed by atoms with Crippen molar-refractivity contribution in [2.45, 2.75) is 37.8 Å². The van der Waals surface area contributed by atoms with E-state index in [1.54, 1.807) is 7.11 Å². The molecular formula is C18H25N3O3. The van der Waals surface area contributed by atoms with E-state index < -0.39 is 5.60 Å². The molecule has 0 atom stereocenters. The van der Waals surface area contributed by atoms with Crippen molar-refractivity contribution in [2.75, 3.05) is 31.6 Å².